The molecule has 1 fully saturated rings. The second-order valence-electron chi connectivity index (χ2n) is 4.87. The summed E-state index contributed by atoms with van der Waals surface area (Å²) < 4.78 is 5.50. The van der Waals surface area contributed by atoms with E-state index in [9.17, 15) is 9.59 Å². The molecule has 0 aromatic rings. The monoisotopic (exact) mass is 257 g/mol. The molecule has 1 aliphatic carbocycles. The summed E-state index contributed by atoms with van der Waals surface area (Å²) in [5.41, 5.74) is 10.6. The highest BCUT2D eigenvalue weighted by molar-refractivity contribution is 5.95. The number of carbonyl (C=O) groups is 2. The molecule has 0 heterocycles. The molecule has 0 saturated heterocycles. The first-order valence-corrected chi connectivity index (χ1v) is 6.46. The summed E-state index contributed by atoms with van der Waals surface area (Å²) in [6, 6.07) is -0.854. The van der Waals surface area contributed by atoms with Crippen LogP contribution >= 0.6 is 0 Å². The van der Waals surface area contributed by atoms with Gasteiger partial charge in [-0.2, -0.15) is 0 Å². The maximum atomic E-state index is 11.4. The average molecular weight is 257 g/mol. The summed E-state index contributed by atoms with van der Waals surface area (Å²) in [6.45, 7) is 2.78. The van der Waals surface area contributed by atoms with Crippen molar-refractivity contribution in [1.82, 2.24) is 5.32 Å². The predicted molar refractivity (Wildman–Crippen MR) is 67.6 cm³/mol. The summed E-state index contributed by atoms with van der Waals surface area (Å²) in [4.78, 5) is 22.0. The van der Waals surface area contributed by atoms with Gasteiger partial charge in [0.1, 0.15) is 6.10 Å². The quantitative estimate of drug-likeness (QED) is 0.660. The second-order valence-corrected chi connectivity index (χ2v) is 4.87. The van der Waals surface area contributed by atoms with Gasteiger partial charge in [0.25, 0.3) is 5.91 Å². The molecule has 5 N–H and O–H groups in total. The molecule has 0 aromatic heterocycles. The molecule has 0 bridgehead atoms. The molecule has 0 radical (unpaired) electrons. The highest BCUT2D eigenvalue weighted by Crippen LogP contribution is 2.29. The third-order valence-corrected chi connectivity index (χ3v) is 3.55. The van der Waals surface area contributed by atoms with E-state index in [-0.39, 0.29) is 0 Å². The number of amides is 3. The first-order valence-electron chi connectivity index (χ1n) is 6.46. The number of hydrogen-bond acceptors (Lipinski definition) is 4. The largest absolute Gasteiger partial charge is 0.368 e. The smallest absolute Gasteiger partial charge is 0.318 e. The Hall–Kier alpha value is -1.14. The SMILES string of the molecule is CC(OCC1CCCCC1CN)C(=O)NC(N)=O. The van der Waals surface area contributed by atoms with Gasteiger partial charge in [-0.05, 0) is 38.1 Å². The maximum Gasteiger partial charge on any atom is 0.318 e. The maximum absolute atomic E-state index is 11.4. The van der Waals surface area contributed by atoms with E-state index in [2.05, 4.69) is 0 Å². The lowest BCUT2D eigenvalue weighted by molar-refractivity contribution is -0.131. The lowest BCUT2D eigenvalue weighted by atomic mass is 9.80. The Morgan fingerprint density at radius 2 is 1.94 bits per heavy atom. The van der Waals surface area contributed by atoms with Crippen LogP contribution in [0.25, 0.3) is 0 Å². The number of rotatable bonds is 5. The van der Waals surface area contributed by atoms with Gasteiger partial charge < -0.3 is 16.2 Å². The molecular formula is C12H23N3O3. The van der Waals surface area contributed by atoms with Gasteiger partial charge in [-0.1, -0.05) is 12.8 Å². The predicted octanol–water partition coefficient (Wildman–Crippen LogP) is 0.352. The van der Waals surface area contributed by atoms with Crippen LogP contribution in [0.15, 0.2) is 0 Å². The van der Waals surface area contributed by atoms with Crippen LogP contribution in [0.5, 0.6) is 0 Å². The van der Waals surface area contributed by atoms with Gasteiger partial charge in [0.15, 0.2) is 0 Å². The molecular weight excluding hydrogens is 234 g/mol. The summed E-state index contributed by atoms with van der Waals surface area (Å²) in [7, 11) is 0. The van der Waals surface area contributed by atoms with E-state index < -0.39 is 18.0 Å². The average Bonchev–Trinajstić information content (AvgIpc) is 2.35. The minimum absolute atomic E-state index is 0.410. The molecule has 3 amide bonds. The van der Waals surface area contributed by atoms with Gasteiger partial charge in [-0.25, -0.2) is 4.79 Å². The number of urea groups is 1. The molecule has 6 heteroatoms. The summed E-state index contributed by atoms with van der Waals surface area (Å²) in [5, 5.41) is 2.01. The van der Waals surface area contributed by atoms with E-state index in [0.29, 0.717) is 25.0 Å². The minimum atomic E-state index is -0.854. The van der Waals surface area contributed by atoms with Crippen molar-refractivity contribution in [2.75, 3.05) is 13.2 Å². The molecule has 0 aromatic carbocycles. The van der Waals surface area contributed by atoms with Crippen molar-refractivity contribution in [3.05, 3.63) is 0 Å². The van der Waals surface area contributed by atoms with E-state index in [1.807, 2.05) is 5.32 Å². The molecule has 1 aliphatic rings. The van der Waals surface area contributed by atoms with Crippen LogP contribution in [-0.2, 0) is 9.53 Å². The number of primary amides is 1. The number of nitrogens with two attached hydrogens (primary N) is 2. The molecule has 0 spiro atoms. The zero-order valence-corrected chi connectivity index (χ0v) is 10.9. The third kappa shape index (κ3) is 4.62. The molecule has 1 rings (SSSR count). The van der Waals surface area contributed by atoms with Crippen molar-refractivity contribution < 1.29 is 14.3 Å². The third-order valence-electron chi connectivity index (χ3n) is 3.55. The summed E-state index contributed by atoms with van der Waals surface area (Å²) >= 11 is 0. The lowest BCUT2D eigenvalue weighted by Crippen LogP contribution is -2.42. The van der Waals surface area contributed by atoms with Gasteiger partial charge in [-0.15, -0.1) is 0 Å². The lowest BCUT2D eigenvalue weighted by Gasteiger charge is -2.31. The number of hydrogen-bond donors (Lipinski definition) is 3. The van der Waals surface area contributed by atoms with Crippen LogP contribution in [-0.4, -0.2) is 31.2 Å². The fourth-order valence-electron chi connectivity index (χ4n) is 2.38. The normalized spacial score (nSPS) is 25.4. The minimum Gasteiger partial charge on any atom is -0.368 e. The van der Waals surface area contributed by atoms with Gasteiger partial charge >= 0.3 is 6.03 Å². The molecule has 3 unspecified atom stereocenters. The van der Waals surface area contributed by atoms with Crippen molar-refractivity contribution >= 4 is 11.9 Å². The Labute approximate surface area is 107 Å². The standard InChI is InChI=1S/C12H23N3O3/c1-8(11(16)15-12(14)17)18-7-10-5-3-2-4-9(10)6-13/h8-10H,2-7,13H2,1H3,(H3,14,15,16,17). The van der Waals surface area contributed by atoms with E-state index in [4.69, 9.17) is 16.2 Å². The van der Waals surface area contributed by atoms with Crippen molar-refractivity contribution in [1.29, 1.82) is 0 Å². The fraction of sp³-hybridized carbons (Fsp3) is 0.833. The Kier molecular flexibility index (Phi) is 6.07. The highest BCUT2D eigenvalue weighted by atomic mass is 16.5. The van der Waals surface area contributed by atoms with Crippen LogP contribution in [0.1, 0.15) is 32.6 Å². The summed E-state index contributed by atoms with van der Waals surface area (Å²) in [5.74, 6) is 0.389. The Bertz CT molecular complexity index is 296. The Balaban J connectivity index is 2.34. The topological polar surface area (TPSA) is 107 Å². The van der Waals surface area contributed by atoms with Gasteiger partial charge in [0.05, 0.1) is 6.61 Å². The molecule has 18 heavy (non-hydrogen) atoms. The fourth-order valence-corrected chi connectivity index (χ4v) is 2.38. The van der Waals surface area contributed by atoms with Crippen molar-refractivity contribution in [3.63, 3.8) is 0 Å². The zero-order valence-electron chi connectivity index (χ0n) is 10.9. The molecule has 104 valence electrons. The second kappa shape index (κ2) is 7.33. The van der Waals surface area contributed by atoms with Crippen LogP contribution in [0, 0.1) is 11.8 Å². The first-order chi connectivity index (χ1) is 8.54. The Morgan fingerprint density at radius 3 is 2.50 bits per heavy atom. The number of imide groups is 1. The van der Waals surface area contributed by atoms with Gasteiger partial charge in [0, 0.05) is 0 Å². The van der Waals surface area contributed by atoms with E-state index in [1.165, 1.54) is 12.8 Å². The van der Waals surface area contributed by atoms with E-state index in [1.54, 1.807) is 6.92 Å². The summed E-state index contributed by atoms with van der Waals surface area (Å²) in [6.07, 6.45) is 3.96. The first kappa shape index (κ1) is 14.9. The van der Waals surface area contributed by atoms with Gasteiger partial charge in [-0.3, -0.25) is 10.1 Å². The van der Waals surface area contributed by atoms with Crippen LogP contribution in [0.3, 0.4) is 0 Å². The van der Waals surface area contributed by atoms with Crippen LogP contribution < -0.4 is 16.8 Å². The van der Waals surface area contributed by atoms with Crippen LogP contribution in [0.2, 0.25) is 0 Å². The zero-order chi connectivity index (χ0) is 13.5. The van der Waals surface area contributed by atoms with E-state index in [0.717, 1.165) is 12.8 Å². The molecule has 3 atom stereocenters. The van der Waals surface area contributed by atoms with Crippen molar-refractivity contribution in [3.8, 4) is 0 Å². The van der Waals surface area contributed by atoms with Crippen LogP contribution in [0.4, 0.5) is 4.79 Å². The Morgan fingerprint density at radius 1 is 1.33 bits per heavy atom. The van der Waals surface area contributed by atoms with Crippen molar-refractivity contribution in [2.24, 2.45) is 23.3 Å². The van der Waals surface area contributed by atoms with Gasteiger partial charge in [0.2, 0.25) is 0 Å². The molecule has 6 nitrogen and oxygen atoms in total. The number of nitrogens with one attached hydrogen (secondary N) is 1. The molecule has 0 aliphatic heterocycles. The van der Waals surface area contributed by atoms with E-state index >= 15 is 0 Å². The number of ether oxygens (including phenoxy) is 1. The number of carbonyl (C=O) groups excluding carboxylic acids is 2. The molecule has 1 saturated carbocycles. The van der Waals surface area contributed by atoms with Crippen molar-refractivity contribution in [2.45, 2.75) is 38.7 Å². The highest BCUT2D eigenvalue weighted by Gasteiger charge is 2.25.